The van der Waals surface area contributed by atoms with Crippen LogP contribution in [0.3, 0.4) is 0 Å². The lowest BCUT2D eigenvalue weighted by molar-refractivity contribution is -0.118. The molecule has 0 aromatic heterocycles. The summed E-state index contributed by atoms with van der Waals surface area (Å²) in [6.07, 6.45) is 1.16. The minimum Gasteiger partial charge on any atom is -0.315 e. The summed E-state index contributed by atoms with van der Waals surface area (Å²) in [6.45, 7) is 6.47. The van der Waals surface area contributed by atoms with E-state index in [1.54, 1.807) is 6.92 Å². The number of ketones is 1. The highest BCUT2D eigenvalue weighted by molar-refractivity contribution is 5.77. The molecule has 1 heterocycles. The first-order chi connectivity index (χ1) is 5.29. The van der Waals surface area contributed by atoms with E-state index in [0.29, 0.717) is 6.54 Å². The van der Waals surface area contributed by atoms with Crippen LogP contribution in [0.1, 0.15) is 13.3 Å². The molecule has 0 bridgehead atoms. The zero-order chi connectivity index (χ0) is 8.10. The number of carbonyl (C=O) groups is 1. The maximum atomic E-state index is 10.8. The van der Waals surface area contributed by atoms with Crippen molar-refractivity contribution < 1.29 is 4.79 Å². The third-order valence-electron chi connectivity index (χ3n) is 1.88. The lowest BCUT2D eigenvalue weighted by Gasteiger charge is -2.16. The van der Waals surface area contributed by atoms with Gasteiger partial charge >= 0.3 is 0 Å². The topological polar surface area (TPSA) is 32.3 Å². The molecule has 0 aromatic rings. The number of hydrogen-bond acceptors (Lipinski definition) is 3. The Hall–Kier alpha value is -0.410. The van der Waals surface area contributed by atoms with E-state index < -0.39 is 0 Å². The van der Waals surface area contributed by atoms with E-state index >= 15 is 0 Å². The fourth-order valence-electron chi connectivity index (χ4n) is 1.37. The normalized spacial score (nSPS) is 21.2. The molecule has 0 aromatic carbocycles. The van der Waals surface area contributed by atoms with Gasteiger partial charge in [0.15, 0.2) is 0 Å². The van der Waals surface area contributed by atoms with E-state index in [1.165, 1.54) is 0 Å². The summed E-state index contributed by atoms with van der Waals surface area (Å²) in [7, 11) is 0. The molecule has 1 aliphatic rings. The van der Waals surface area contributed by atoms with Gasteiger partial charge in [-0.2, -0.15) is 0 Å². The van der Waals surface area contributed by atoms with Gasteiger partial charge < -0.3 is 5.32 Å². The Kier molecular flexibility index (Phi) is 3.52. The average Bonchev–Trinajstić information content (AvgIpc) is 2.14. The SMILES string of the molecule is CC(=O)CN1CCCNCC1. The second-order valence-corrected chi connectivity index (χ2v) is 3.08. The van der Waals surface area contributed by atoms with Crippen molar-refractivity contribution in [2.45, 2.75) is 13.3 Å². The molecule has 1 saturated heterocycles. The fourth-order valence-corrected chi connectivity index (χ4v) is 1.37. The molecule has 0 aliphatic carbocycles. The van der Waals surface area contributed by atoms with Crippen LogP contribution < -0.4 is 5.32 Å². The van der Waals surface area contributed by atoms with Crippen LogP contribution in [0.2, 0.25) is 0 Å². The second-order valence-electron chi connectivity index (χ2n) is 3.08. The molecule has 0 spiro atoms. The van der Waals surface area contributed by atoms with Crippen molar-refractivity contribution in [1.82, 2.24) is 10.2 Å². The highest BCUT2D eigenvalue weighted by Gasteiger charge is 2.08. The molecule has 3 nitrogen and oxygen atoms in total. The Bertz CT molecular complexity index is 128. The largest absolute Gasteiger partial charge is 0.315 e. The Labute approximate surface area is 67.8 Å². The van der Waals surface area contributed by atoms with Gasteiger partial charge in [-0.1, -0.05) is 0 Å². The lowest BCUT2D eigenvalue weighted by Crippen LogP contribution is -2.32. The van der Waals surface area contributed by atoms with E-state index in [0.717, 1.165) is 32.6 Å². The molecule has 11 heavy (non-hydrogen) atoms. The first-order valence-corrected chi connectivity index (χ1v) is 4.21. The molecule has 0 amide bonds. The molecule has 1 fully saturated rings. The van der Waals surface area contributed by atoms with Gasteiger partial charge in [-0.15, -0.1) is 0 Å². The number of nitrogens with one attached hydrogen (secondary N) is 1. The Morgan fingerprint density at radius 3 is 3.00 bits per heavy atom. The number of nitrogens with zero attached hydrogens (tertiary/aromatic N) is 1. The number of rotatable bonds is 2. The standard InChI is InChI=1S/C8H16N2O/c1-8(11)7-10-5-2-3-9-4-6-10/h9H,2-7H2,1H3. The summed E-state index contributed by atoms with van der Waals surface area (Å²) in [5.74, 6) is 0.270. The van der Waals surface area contributed by atoms with Crippen molar-refractivity contribution in [3.8, 4) is 0 Å². The monoisotopic (exact) mass is 156 g/mol. The van der Waals surface area contributed by atoms with Gasteiger partial charge in [0.2, 0.25) is 0 Å². The minimum atomic E-state index is 0.270. The van der Waals surface area contributed by atoms with E-state index in [-0.39, 0.29) is 5.78 Å². The predicted octanol–water partition coefficient (Wildman–Crippen LogP) is -0.129. The third-order valence-corrected chi connectivity index (χ3v) is 1.88. The first-order valence-electron chi connectivity index (χ1n) is 4.21. The highest BCUT2D eigenvalue weighted by atomic mass is 16.1. The Morgan fingerprint density at radius 1 is 1.45 bits per heavy atom. The molecular weight excluding hydrogens is 140 g/mol. The molecule has 1 N–H and O–H groups in total. The number of Topliss-reactive ketones (excluding diaryl/α,β-unsaturated/α-hetero) is 1. The molecule has 0 atom stereocenters. The summed E-state index contributed by atoms with van der Waals surface area (Å²) in [5, 5.41) is 3.30. The molecule has 64 valence electrons. The molecule has 0 radical (unpaired) electrons. The van der Waals surface area contributed by atoms with Crippen LogP contribution >= 0.6 is 0 Å². The summed E-state index contributed by atoms with van der Waals surface area (Å²) in [6, 6.07) is 0. The molecular formula is C8H16N2O. The van der Waals surface area contributed by atoms with Gasteiger partial charge in [0.05, 0.1) is 6.54 Å². The zero-order valence-electron chi connectivity index (χ0n) is 7.10. The van der Waals surface area contributed by atoms with Gasteiger partial charge in [-0.3, -0.25) is 9.69 Å². The number of carbonyl (C=O) groups excluding carboxylic acids is 1. The van der Waals surface area contributed by atoms with Gasteiger partial charge in [0, 0.05) is 13.1 Å². The highest BCUT2D eigenvalue weighted by Crippen LogP contribution is 1.94. The van der Waals surface area contributed by atoms with Crippen molar-refractivity contribution in [2.24, 2.45) is 0 Å². The van der Waals surface area contributed by atoms with Crippen LogP contribution in [0.25, 0.3) is 0 Å². The molecule has 3 heteroatoms. The van der Waals surface area contributed by atoms with Gasteiger partial charge in [-0.25, -0.2) is 0 Å². The fraction of sp³-hybridized carbons (Fsp3) is 0.875. The van der Waals surface area contributed by atoms with E-state index in [2.05, 4.69) is 10.2 Å². The van der Waals surface area contributed by atoms with Crippen molar-refractivity contribution >= 4 is 5.78 Å². The lowest BCUT2D eigenvalue weighted by atomic mass is 10.3. The second kappa shape index (κ2) is 4.46. The van der Waals surface area contributed by atoms with Crippen molar-refractivity contribution in [2.75, 3.05) is 32.7 Å². The first kappa shape index (κ1) is 8.68. The van der Waals surface area contributed by atoms with Crippen LogP contribution in [-0.4, -0.2) is 43.4 Å². The molecule has 0 unspecified atom stereocenters. The van der Waals surface area contributed by atoms with Crippen LogP contribution in [0.4, 0.5) is 0 Å². The quantitative estimate of drug-likeness (QED) is 0.604. The number of hydrogen-bond donors (Lipinski definition) is 1. The maximum Gasteiger partial charge on any atom is 0.143 e. The summed E-state index contributed by atoms with van der Waals surface area (Å²) < 4.78 is 0. The van der Waals surface area contributed by atoms with Crippen LogP contribution in [-0.2, 0) is 4.79 Å². The Morgan fingerprint density at radius 2 is 2.27 bits per heavy atom. The van der Waals surface area contributed by atoms with Gasteiger partial charge in [-0.05, 0) is 26.4 Å². The molecule has 1 aliphatic heterocycles. The smallest absolute Gasteiger partial charge is 0.143 e. The van der Waals surface area contributed by atoms with Crippen LogP contribution in [0, 0.1) is 0 Å². The summed E-state index contributed by atoms with van der Waals surface area (Å²) in [5.41, 5.74) is 0. The van der Waals surface area contributed by atoms with Gasteiger partial charge in [0.1, 0.15) is 5.78 Å². The summed E-state index contributed by atoms with van der Waals surface area (Å²) in [4.78, 5) is 13.0. The average molecular weight is 156 g/mol. The molecule has 1 rings (SSSR count). The zero-order valence-corrected chi connectivity index (χ0v) is 7.10. The van der Waals surface area contributed by atoms with Crippen molar-refractivity contribution in [3.05, 3.63) is 0 Å². The third kappa shape index (κ3) is 3.49. The van der Waals surface area contributed by atoms with Crippen LogP contribution in [0.5, 0.6) is 0 Å². The van der Waals surface area contributed by atoms with E-state index in [9.17, 15) is 4.79 Å². The van der Waals surface area contributed by atoms with E-state index in [1.807, 2.05) is 0 Å². The molecule has 0 saturated carbocycles. The maximum absolute atomic E-state index is 10.8. The van der Waals surface area contributed by atoms with Gasteiger partial charge in [0.25, 0.3) is 0 Å². The van der Waals surface area contributed by atoms with Crippen molar-refractivity contribution in [1.29, 1.82) is 0 Å². The Balaban J connectivity index is 2.25. The predicted molar refractivity (Wildman–Crippen MR) is 44.6 cm³/mol. The summed E-state index contributed by atoms with van der Waals surface area (Å²) >= 11 is 0. The van der Waals surface area contributed by atoms with Crippen LogP contribution in [0.15, 0.2) is 0 Å². The van der Waals surface area contributed by atoms with Crippen molar-refractivity contribution in [3.63, 3.8) is 0 Å². The minimum absolute atomic E-state index is 0.270. The van der Waals surface area contributed by atoms with E-state index in [4.69, 9.17) is 0 Å².